The van der Waals surface area contributed by atoms with Crippen LogP contribution in [0.15, 0.2) is 27.7 Å². The highest BCUT2D eigenvalue weighted by Crippen LogP contribution is 2.11. The average Bonchev–Trinajstić information content (AvgIpc) is 1.90. The summed E-state index contributed by atoms with van der Waals surface area (Å²) in [6, 6.07) is 0. The van der Waals surface area contributed by atoms with Crippen LogP contribution in [0.3, 0.4) is 0 Å². The molecular weight excluding hydrogens is 142 g/mol. The van der Waals surface area contributed by atoms with E-state index in [1.165, 1.54) is 5.57 Å². The first kappa shape index (κ1) is 9.50. The highest BCUT2D eigenvalue weighted by Gasteiger charge is 1.83. The Labute approximate surface area is 66.9 Å². The van der Waals surface area contributed by atoms with Crippen LogP contribution in [0.4, 0.5) is 0 Å². The van der Waals surface area contributed by atoms with Crippen LogP contribution in [0.25, 0.3) is 0 Å². The number of hydrogen-bond donors (Lipinski definition) is 0. The van der Waals surface area contributed by atoms with Crippen molar-refractivity contribution in [3.8, 4) is 0 Å². The molecule has 0 unspecified atom stereocenters. The zero-order valence-corrected chi connectivity index (χ0v) is 7.53. The van der Waals surface area contributed by atoms with E-state index < -0.39 is 0 Å². The van der Waals surface area contributed by atoms with Crippen LogP contribution < -0.4 is 0 Å². The predicted octanol–water partition coefficient (Wildman–Crippen LogP) is 2.86. The van der Waals surface area contributed by atoms with E-state index in [0.29, 0.717) is 0 Å². The summed E-state index contributed by atoms with van der Waals surface area (Å²) in [6.45, 7) is 7.55. The quantitative estimate of drug-likeness (QED) is 0.451. The smallest absolute Gasteiger partial charge is 0.0949 e. The van der Waals surface area contributed by atoms with E-state index in [1.54, 1.807) is 11.8 Å². The van der Waals surface area contributed by atoms with Gasteiger partial charge >= 0.3 is 0 Å². The molecule has 0 aromatic rings. The van der Waals surface area contributed by atoms with Gasteiger partial charge in [-0.25, -0.2) is 0 Å². The molecule has 0 aliphatic rings. The van der Waals surface area contributed by atoms with Gasteiger partial charge in [-0.05, 0) is 32.9 Å². The Bertz CT molecular complexity index is 164. The minimum atomic E-state index is 0.959. The molecule has 0 aliphatic heterocycles. The third-order valence-corrected chi connectivity index (χ3v) is 1.61. The fraction of sp³-hybridized carbons (Fsp3) is 0.375. The molecular formula is C8H13NS. The molecule has 0 rings (SSSR count). The highest BCUT2D eigenvalue weighted by molar-refractivity contribution is 8.02. The maximum absolute atomic E-state index is 3.81. The summed E-state index contributed by atoms with van der Waals surface area (Å²) in [5, 5.41) is 0.959. The van der Waals surface area contributed by atoms with Crippen molar-refractivity contribution in [3.05, 3.63) is 22.8 Å². The Morgan fingerprint density at radius 1 is 1.40 bits per heavy atom. The van der Waals surface area contributed by atoms with Crippen molar-refractivity contribution in [2.75, 3.05) is 6.26 Å². The van der Waals surface area contributed by atoms with Crippen LogP contribution in [0.1, 0.15) is 13.8 Å². The van der Waals surface area contributed by atoms with Crippen LogP contribution in [0, 0.1) is 0 Å². The summed E-state index contributed by atoms with van der Waals surface area (Å²) in [4.78, 5) is 3.81. The molecule has 0 aliphatic carbocycles. The van der Waals surface area contributed by atoms with Gasteiger partial charge in [-0.2, -0.15) is 0 Å². The topological polar surface area (TPSA) is 12.4 Å². The second-order valence-electron chi connectivity index (χ2n) is 2.11. The van der Waals surface area contributed by atoms with Crippen molar-refractivity contribution in [3.63, 3.8) is 0 Å². The maximum atomic E-state index is 3.81. The molecule has 0 heterocycles. The van der Waals surface area contributed by atoms with Gasteiger partial charge in [-0.1, -0.05) is 11.6 Å². The molecule has 0 amide bonds. The van der Waals surface area contributed by atoms with Gasteiger partial charge in [0.2, 0.25) is 0 Å². The highest BCUT2D eigenvalue weighted by atomic mass is 32.2. The third-order valence-electron chi connectivity index (χ3n) is 0.924. The molecule has 0 spiro atoms. The summed E-state index contributed by atoms with van der Waals surface area (Å²) >= 11 is 1.60. The molecule has 0 aromatic carbocycles. The van der Waals surface area contributed by atoms with Crippen molar-refractivity contribution in [1.82, 2.24) is 0 Å². The van der Waals surface area contributed by atoms with E-state index in [1.807, 2.05) is 18.4 Å². The number of thioether (sulfide) groups is 1. The summed E-state index contributed by atoms with van der Waals surface area (Å²) in [7, 11) is 0. The lowest BCUT2D eigenvalue weighted by Gasteiger charge is -1.90. The zero-order valence-electron chi connectivity index (χ0n) is 6.72. The van der Waals surface area contributed by atoms with Crippen molar-refractivity contribution >= 4 is 18.5 Å². The SMILES string of the molecule is C=N/C(=C\C=C(C)C)SC. The van der Waals surface area contributed by atoms with Crippen molar-refractivity contribution in [1.29, 1.82) is 0 Å². The van der Waals surface area contributed by atoms with Gasteiger partial charge in [0, 0.05) is 0 Å². The van der Waals surface area contributed by atoms with E-state index in [-0.39, 0.29) is 0 Å². The standard InChI is InChI=1S/C8H13NS/c1-7(2)5-6-8(9-3)10-4/h5-6H,3H2,1-2,4H3/b8-6+. The van der Waals surface area contributed by atoms with E-state index in [4.69, 9.17) is 0 Å². The van der Waals surface area contributed by atoms with E-state index in [2.05, 4.69) is 25.6 Å². The van der Waals surface area contributed by atoms with Gasteiger partial charge in [0.1, 0.15) is 0 Å². The Kier molecular flexibility index (Phi) is 5.03. The number of nitrogens with zero attached hydrogens (tertiary/aromatic N) is 1. The summed E-state index contributed by atoms with van der Waals surface area (Å²) in [6.07, 6.45) is 5.98. The van der Waals surface area contributed by atoms with E-state index in [9.17, 15) is 0 Å². The van der Waals surface area contributed by atoms with Gasteiger partial charge in [-0.15, -0.1) is 11.8 Å². The Morgan fingerprint density at radius 2 is 2.00 bits per heavy atom. The molecule has 0 radical (unpaired) electrons. The minimum Gasteiger partial charge on any atom is -0.258 e. The molecule has 56 valence electrons. The van der Waals surface area contributed by atoms with Crippen LogP contribution in [0.2, 0.25) is 0 Å². The number of rotatable bonds is 3. The summed E-state index contributed by atoms with van der Waals surface area (Å²) < 4.78 is 0. The zero-order chi connectivity index (χ0) is 7.98. The van der Waals surface area contributed by atoms with Gasteiger partial charge < -0.3 is 0 Å². The first-order valence-corrected chi connectivity index (χ1v) is 4.29. The molecule has 0 saturated carbocycles. The molecule has 0 saturated heterocycles. The molecule has 0 bridgehead atoms. The Hall–Kier alpha value is -0.500. The predicted molar refractivity (Wildman–Crippen MR) is 50.6 cm³/mol. The van der Waals surface area contributed by atoms with Crippen LogP contribution in [-0.4, -0.2) is 13.0 Å². The Morgan fingerprint density at radius 3 is 2.30 bits per heavy atom. The first-order valence-electron chi connectivity index (χ1n) is 3.06. The number of aliphatic imine (C=N–C) groups is 1. The third kappa shape index (κ3) is 4.39. The largest absolute Gasteiger partial charge is 0.258 e. The second kappa shape index (κ2) is 5.30. The van der Waals surface area contributed by atoms with Gasteiger partial charge in [0.05, 0.1) is 5.03 Å². The van der Waals surface area contributed by atoms with Crippen LogP contribution in [0.5, 0.6) is 0 Å². The van der Waals surface area contributed by atoms with E-state index in [0.717, 1.165) is 5.03 Å². The van der Waals surface area contributed by atoms with E-state index >= 15 is 0 Å². The number of allylic oxidation sites excluding steroid dienone is 3. The summed E-state index contributed by atoms with van der Waals surface area (Å²) in [5.41, 5.74) is 1.27. The first-order chi connectivity index (χ1) is 4.70. The van der Waals surface area contributed by atoms with Crippen LogP contribution >= 0.6 is 11.8 Å². The molecule has 0 N–H and O–H groups in total. The van der Waals surface area contributed by atoms with Crippen LogP contribution in [-0.2, 0) is 0 Å². The molecule has 0 fully saturated rings. The van der Waals surface area contributed by atoms with Crippen molar-refractivity contribution in [2.24, 2.45) is 4.99 Å². The Balaban J connectivity index is 4.12. The molecule has 0 atom stereocenters. The molecule has 2 heteroatoms. The van der Waals surface area contributed by atoms with Gasteiger partial charge in [-0.3, -0.25) is 4.99 Å². The summed E-state index contributed by atoms with van der Waals surface area (Å²) in [5.74, 6) is 0. The van der Waals surface area contributed by atoms with Gasteiger partial charge in [0.15, 0.2) is 0 Å². The second-order valence-corrected chi connectivity index (χ2v) is 2.94. The molecule has 0 aromatic heterocycles. The maximum Gasteiger partial charge on any atom is 0.0949 e. The minimum absolute atomic E-state index is 0.959. The number of hydrogen-bond acceptors (Lipinski definition) is 2. The van der Waals surface area contributed by atoms with Crippen molar-refractivity contribution < 1.29 is 0 Å². The fourth-order valence-electron chi connectivity index (χ4n) is 0.423. The normalized spacial score (nSPS) is 10.9. The monoisotopic (exact) mass is 155 g/mol. The molecule has 1 nitrogen and oxygen atoms in total. The van der Waals surface area contributed by atoms with Crippen molar-refractivity contribution in [2.45, 2.75) is 13.8 Å². The molecule has 10 heavy (non-hydrogen) atoms. The lowest BCUT2D eigenvalue weighted by Crippen LogP contribution is -1.67. The fourth-order valence-corrected chi connectivity index (χ4v) is 0.756. The lowest BCUT2D eigenvalue weighted by molar-refractivity contribution is 1.39. The average molecular weight is 155 g/mol. The van der Waals surface area contributed by atoms with Gasteiger partial charge in [0.25, 0.3) is 0 Å². The lowest BCUT2D eigenvalue weighted by atomic mass is 10.3.